The van der Waals surface area contributed by atoms with Crippen molar-refractivity contribution in [2.45, 2.75) is 6.18 Å². The van der Waals surface area contributed by atoms with Gasteiger partial charge in [0.25, 0.3) is 5.91 Å². The first-order valence-electron chi connectivity index (χ1n) is 5.17. The van der Waals surface area contributed by atoms with Crippen molar-refractivity contribution in [1.82, 2.24) is 5.32 Å². The number of nitrogens with one attached hydrogen (secondary N) is 1. The lowest BCUT2D eigenvalue weighted by Gasteiger charge is -2.09. The van der Waals surface area contributed by atoms with Gasteiger partial charge in [-0.3, -0.25) is 4.79 Å². The van der Waals surface area contributed by atoms with Crippen LogP contribution < -0.4 is 5.32 Å². The molecule has 0 aliphatic carbocycles. The largest absolute Gasteiger partial charge is 0.411 e. The fourth-order valence-corrected chi connectivity index (χ4v) is 1.98. The predicted molar refractivity (Wildman–Crippen MR) is 71.0 cm³/mol. The summed E-state index contributed by atoms with van der Waals surface area (Å²) in [5.74, 6) is -0.385. The quantitative estimate of drug-likeness (QED) is 0.762. The molecule has 0 bridgehead atoms. The van der Waals surface area contributed by atoms with Crippen LogP contribution in [0, 0.1) is 0 Å². The van der Waals surface area contributed by atoms with E-state index in [1.165, 1.54) is 0 Å². The summed E-state index contributed by atoms with van der Waals surface area (Å²) >= 11 is 6.45. The first-order chi connectivity index (χ1) is 8.79. The molecule has 0 atom stereocenters. The van der Waals surface area contributed by atoms with Crippen LogP contribution in [0.3, 0.4) is 0 Å². The van der Waals surface area contributed by atoms with E-state index in [-0.39, 0.29) is 19.1 Å². The number of hydrogen-bond donors (Lipinski definition) is 1. The Kier molecular flexibility index (Phi) is 6.28. The molecule has 0 saturated heterocycles. The van der Waals surface area contributed by atoms with E-state index in [9.17, 15) is 18.0 Å². The van der Waals surface area contributed by atoms with Crippen LogP contribution >= 0.6 is 31.9 Å². The first kappa shape index (κ1) is 16.5. The summed E-state index contributed by atoms with van der Waals surface area (Å²) in [7, 11) is 0. The van der Waals surface area contributed by atoms with Gasteiger partial charge < -0.3 is 10.1 Å². The molecule has 1 aromatic rings. The summed E-state index contributed by atoms with van der Waals surface area (Å²) in [5.41, 5.74) is 0.394. The molecule has 0 saturated carbocycles. The van der Waals surface area contributed by atoms with Crippen LogP contribution in [0.4, 0.5) is 13.2 Å². The van der Waals surface area contributed by atoms with Gasteiger partial charge in [0.2, 0.25) is 0 Å². The minimum Gasteiger partial charge on any atom is -0.370 e. The molecule has 0 aliphatic heterocycles. The summed E-state index contributed by atoms with van der Waals surface area (Å²) in [6, 6.07) is 5.06. The third-order valence-electron chi connectivity index (χ3n) is 1.97. The first-order valence-corrected chi connectivity index (χ1v) is 6.76. The zero-order valence-corrected chi connectivity index (χ0v) is 12.7. The standard InChI is InChI=1S/C11H10Br2F3NO2/c12-7-1-2-9(13)8(5-7)10(18)17-3-4-19-6-11(14,15)16/h1-2,5H,3-4,6H2,(H,17,18). The Balaban J connectivity index is 2.38. The molecule has 8 heteroatoms. The molecular formula is C11H10Br2F3NO2. The zero-order valence-electron chi connectivity index (χ0n) is 9.56. The number of halogens is 5. The second kappa shape index (κ2) is 7.25. The van der Waals surface area contributed by atoms with E-state index in [4.69, 9.17) is 0 Å². The van der Waals surface area contributed by atoms with E-state index in [1.54, 1.807) is 18.2 Å². The number of rotatable bonds is 5. The van der Waals surface area contributed by atoms with E-state index >= 15 is 0 Å². The number of hydrogen-bond acceptors (Lipinski definition) is 2. The molecule has 3 nitrogen and oxygen atoms in total. The highest BCUT2D eigenvalue weighted by Gasteiger charge is 2.27. The number of carbonyl (C=O) groups excluding carboxylic acids is 1. The van der Waals surface area contributed by atoms with E-state index in [2.05, 4.69) is 41.9 Å². The molecule has 1 aromatic carbocycles. The summed E-state index contributed by atoms with van der Waals surface area (Å²) in [4.78, 5) is 11.7. The lowest BCUT2D eigenvalue weighted by Crippen LogP contribution is -2.29. The monoisotopic (exact) mass is 403 g/mol. The van der Waals surface area contributed by atoms with Crippen molar-refractivity contribution in [1.29, 1.82) is 0 Å². The summed E-state index contributed by atoms with van der Waals surface area (Å²) in [6.45, 7) is -1.51. The number of benzene rings is 1. The Morgan fingerprint density at radius 1 is 1.32 bits per heavy atom. The normalized spacial score (nSPS) is 11.4. The second-order valence-electron chi connectivity index (χ2n) is 3.55. The third-order valence-corrected chi connectivity index (χ3v) is 3.16. The topological polar surface area (TPSA) is 38.3 Å². The number of alkyl halides is 3. The van der Waals surface area contributed by atoms with Crippen LogP contribution in [0.1, 0.15) is 10.4 Å². The fraction of sp³-hybridized carbons (Fsp3) is 0.364. The van der Waals surface area contributed by atoms with Crippen molar-refractivity contribution in [2.75, 3.05) is 19.8 Å². The van der Waals surface area contributed by atoms with Gasteiger partial charge in [-0.1, -0.05) is 15.9 Å². The van der Waals surface area contributed by atoms with Crippen LogP contribution in [0.5, 0.6) is 0 Å². The Morgan fingerprint density at radius 3 is 2.63 bits per heavy atom. The van der Waals surface area contributed by atoms with Gasteiger partial charge in [-0.05, 0) is 34.1 Å². The molecule has 106 valence electrons. The lowest BCUT2D eigenvalue weighted by atomic mass is 10.2. The van der Waals surface area contributed by atoms with E-state index in [0.717, 1.165) is 4.47 Å². The van der Waals surface area contributed by atoms with Crippen molar-refractivity contribution < 1.29 is 22.7 Å². The Hall–Kier alpha value is -0.600. The molecule has 0 spiro atoms. The highest BCUT2D eigenvalue weighted by atomic mass is 79.9. The van der Waals surface area contributed by atoms with Crippen LogP contribution in [-0.2, 0) is 4.74 Å². The van der Waals surface area contributed by atoms with Crippen LogP contribution in [0.25, 0.3) is 0 Å². The van der Waals surface area contributed by atoms with Gasteiger partial charge in [0.1, 0.15) is 6.61 Å². The minimum atomic E-state index is -4.35. The Morgan fingerprint density at radius 2 is 2.00 bits per heavy atom. The SMILES string of the molecule is O=C(NCCOCC(F)(F)F)c1cc(Br)ccc1Br. The molecular weight excluding hydrogens is 395 g/mol. The molecule has 0 aliphatic rings. The molecule has 0 fully saturated rings. The fourth-order valence-electron chi connectivity index (χ4n) is 1.19. The van der Waals surface area contributed by atoms with Crippen LogP contribution in [-0.4, -0.2) is 31.8 Å². The maximum Gasteiger partial charge on any atom is 0.411 e. The average molecular weight is 405 g/mol. The Bertz CT molecular complexity index is 452. The molecule has 0 radical (unpaired) electrons. The predicted octanol–water partition coefficient (Wildman–Crippen LogP) is 3.52. The van der Waals surface area contributed by atoms with Crippen LogP contribution in [0.15, 0.2) is 27.1 Å². The molecule has 0 heterocycles. The molecule has 1 rings (SSSR count). The minimum absolute atomic E-state index is 0.00780. The van der Waals surface area contributed by atoms with Crippen LogP contribution in [0.2, 0.25) is 0 Å². The van der Waals surface area contributed by atoms with Crippen molar-refractivity contribution >= 4 is 37.8 Å². The lowest BCUT2D eigenvalue weighted by molar-refractivity contribution is -0.173. The summed E-state index contributed by atoms with van der Waals surface area (Å²) in [5, 5.41) is 2.47. The smallest absolute Gasteiger partial charge is 0.370 e. The van der Waals surface area contributed by atoms with Crippen molar-refractivity contribution in [3.8, 4) is 0 Å². The maximum atomic E-state index is 11.8. The average Bonchev–Trinajstić information content (AvgIpc) is 2.30. The van der Waals surface area contributed by atoms with E-state index < -0.39 is 12.8 Å². The van der Waals surface area contributed by atoms with Gasteiger partial charge >= 0.3 is 6.18 Å². The van der Waals surface area contributed by atoms with Gasteiger partial charge in [-0.2, -0.15) is 13.2 Å². The Labute approximate surface area is 124 Å². The maximum absolute atomic E-state index is 11.8. The highest BCUT2D eigenvalue weighted by molar-refractivity contribution is 9.11. The van der Waals surface area contributed by atoms with Gasteiger partial charge in [-0.25, -0.2) is 0 Å². The number of amides is 1. The number of carbonyl (C=O) groups is 1. The highest BCUT2D eigenvalue weighted by Crippen LogP contribution is 2.21. The van der Waals surface area contributed by atoms with Crippen molar-refractivity contribution in [3.05, 3.63) is 32.7 Å². The van der Waals surface area contributed by atoms with Gasteiger partial charge in [0, 0.05) is 15.5 Å². The molecule has 1 amide bonds. The summed E-state index contributed by atoms with van der Waals surface area (Å²) in [6.07, 6.45) is -4.35. The van der Waals surface area contributed by atoms with Crippen molar-refractivity contribution in [2.24, 2.45) is 0 Å². The van der Waals surface area contributed by atoms with Gasteiger partial charge in [0.15, 0.2) is 0 Å². The number of ether oxygens (including phenoxy) is 1. The van der Waals surface area contributed by atoms with E-state index in [1.807, 2.05) is 0 Å². The molecule has 0 aromatic heterocycles. The molecule has 1 N–H and O–H groups in total. The van der Waals surface area contributed by atoms with Gasteiger partial charge in [-0.15, -0.1) is 0 Å². The van der Waals surface area contributed by atoms with E-state index in [0.29, 0.717) is 10.0 Å². The molecule has 0 unspecified atom stereocenters. The zero-order chi connectivity index (χ0) is 14.5. The molecule has 19 heavy (non-hydrogen) atoms. The van der Waals surface area contributed by atoms with Crippen molar-refractivity contribution in [3.63, 3.8) is 0 Å². The summed E-state index contributed by atoms with van der Waals surface area (Å²) < 4.78 is 41.0. The second-order valence-corrected chi connectivity index (χ2v) is 5.32. The third kappa shape index (κ3) is 6.40. The van der Waals surface area contributed by atoms with Gasteiger partial charge in [0.05, 0.1) is 12.2 Å².